The fourth-order valence-corrected chi connectivity index (χ4v) is 3.19. The van der Waals surface area contributed by atoms with Gasteiger partial charge in [-0.1, -0.05) is 27.2 Å². The molecule has 0 aromatic carbocycles. The molecule has 1 saturated carbocycles. The highest BCUT2D eigenvalue weighted by atomic mass is 35.5. The first-order valence-electron chi connectivity index (χ1n) is 5.30. The van der Waals surface area contributed by atoms with Crippen LogP contribution in [0.3, 0.4) is 0 Å². The van der Waals surface area contributed by atoms with Crippen LogP contribution in [0.25, 0.3) is 0 Å². The van der Waals surface area contributed by atoms with Crippen molar-refractivity contribution >= 4 is 17.6 Å². The Balaban J connectivity index is 2.88. The maximum absolute atomic E-state index is 11.2. The Kier molecular flexibility index (Phi) is 3.46. The van der Waals surface area contributed by atoms with Gasteiger partial charge < -0.3 is 5.11 Å². The zero-order chi connectivity index (χ0) is 10.9. The fraction of sp³-hybridized carbons (Fsp3) is 0.909. The number of rotatable bonds is 2. The van der Waals surface area contributed by atoms with Gasteiger partial charge in [-0.25, -0.2) is 0 Å². The molecular weight excluding hydrogens is 200 g/mol. The molecule has 0 aliphatic heterocycles. The summed E-state index contributed by atoms with van der Waals surface area (Å²) < 4.78 is 0. The SMILES string of the molecule is CC(C)[C@@H]1CC[C@@H](C)C[C@]1(Cl)C(=O)O. The van der Waals surface area contributed by atoms with Gasteiger partial charge in [0.25, 0.3) is 0 Å². The molecule has 3 atom stereocenters. The largest absolute Gasteiger partial charge is 0.480 e. The van der Waals surface area contributed by atoms with Gasteiger partial charge in [0, 0.05) is 0 Å². The van der Waals surface area contributed by atoms with Crippen molar-refractivity contribution in [3.05, 3.63) is 0 Å². The average molecular weight is 219 g/mol. The Morgan fingerprint density at radius 2 is 2.07 bits per heavy atom. The lowest BCUT2D eigenvalue weighted by Crippen LogP contribution is -2.47. The van der Waals surface area contributed by atoms with E-state index < -0.39 is 10.8 Å². The molecule has 1 rings (SSSR count). The number of carbonyl (C=O) groups is 1. The summed E-state index contributed by atoms with van der Waals surface area (Å²) >= 11 is 6.27. The minimum atomic E-state index is -1.02. The van der Waals surface area contributed by atoms with E-state index in [0.29, 0.717) is 18.3 Å². The molecule has 2 nitrogen and oxygen atoms in total. The Hall–Kier alpha value is -0.240. The van der Waals surface area contributed by atoms with E-state index in [1.54, 1.807) is 0 Å². The van der Waals surface area contributed by atoms with Gasteiger partial charge in [-0.3, -0.25) is 4.79 Å². The molecule has 0 heterocycles. The van der Waals surface area contributed by atoms with E-state index in [1.807, 2.05) is 0 Å². The summed E-state index contributed by atoms with van der Waals surface area (Å²) in [6.07, 6.45) is 2.64. The molecule has 0 bridgehead atoms. The van der Waals surface area contributed by atoms with Gasteiger partial charge in [-0.05, 0) is 30.6 Å². The highest BCUT2D eigenvalue weighted by molar-refractivity contribution is 6.34. The zero-order valence-corrected chi connectivity index (χ0v) is 9.84. The van der Waals surface area contributed by atoms with Gasteiger partial charge in [0.2, 0.25) is 0 Å². The Labute approximate surface area is 90.6 Å². The predicted molar refractivity (Wildman–Crippen MR) is 57.6 cm³/mol. The van der Waals surface area contributed by atoms with E-state index in [2.05, 4.69) is 20.8 Å². The van der Waals surface area contributed by atoms with Gasteiger partial charge in [0.05, 0.1) is 0 Å². The molecule has 1 aliphatic carbocycles. The van der Waals surface area contributed by atoms with Crippen molar-refractivity contribution in [1.29, 1.82) is 0 Å². The lowest BCUT2D eigenvalue weighted by atomic mass is 9.69. The summed E-state index contributed by atoms with van der Waals surface area (Å²) in [6, 6.07) is 0. The summed E-state index contributed by atoms with van der Waals surface area (Å²) in [7, 11) is 0. The van der Waals surface area contributed by atoms with E-state index >= 15 is 0 Å². The van der Waals surface area contributed by atoms with Crippen LogP contribution in [0.1, 0.15) is 40.0 Å². The van der Waals surface area contributed by atoms with E-state index in [-0.39, 0.29) is 5.92 Å². The normalized spacial score (nSPS) is 38.6. The fourth-order valence-electron chi connectivity index (χ4n) is 2.56. The summed E-state index contributed by atoms with van der Waals surface area (Å²) in [4.78, 5) is 10.2. The summed E-state index contributed by atoms with van der Waals surface area (Å²) in [5, 5.41) is 9.20. The van der Waals surface area contributed by atoms with Crippen LogP contribution in [0.5, 0.6) is 0 Å². The molecule has 82 valence electrons. The summed E-state index contributed by atoms with van der Waals surface area (Å²) in [5.74, 6) is 0.0389. The maximum atomic E-state index is 11.2. The zero-order valence-electron chi connectivity index (χ0n) is 9.09. The Morgan fingerprint density at radius 1 is 1.50 bits per heavy atom. The maximum Gasteiger partial charge on any atom is 0.325 e. The van der Waals surface area contributed by atoms with Crippen LogP contribution < -0.4 is 0 Å². The first-order valence-corrected chi connectivity index (χ1v) is 5.68. The van der Waals surface area contributed by atoms with Gasteiger partial charge in [0.15, 0.2) is 0 Å². The molecule has 1 fully saturated rings. The van der Waals surface area contributed by atoms with Crippen LogP contribution in [-0.4, -0.2) is 16.0 Å². The topological polar surface area (TPSA) is 37.3 Å². The number of halogens is 1. The summed E-state index contributed by atoms with van der Waals surface area (Å²) in [6.45, 7) is 6.19. The number of hydrogen-bond acceptors (Lipinski definition) is 1. The van der Waals surface area contributed by atoms with E-state index in [9.17, 15) is 9.90 Å². The minimum Gasteiger partial charge on any atom is -0.480 e. The number of carboxylic acids is 1. The predicted octanol–water partition coefficient (Wildman–Crippen LogP) is 3.14. The van der Waals surface area contributed by atoms with Crippen LogP contribution >= 0.6 is 11.6 Å². The summed E-state index contributed by atoms with van der Waals surface area (Å²) in [5.41, 5.74) is 0. The number of alkyl halides is 1. The highest BCUT2D eigenvalue weighted by Crippen LogP contribution is 2.45. The van der Waals surface area contributed by atoms with Crippen molar-refractivity contribution in [3.63, 3.8) is 0 Å². The highest BCUT2D eigenvalue weighted by Gasteiger charge is 2.48. The van der Waals surface area contributed by atoms with E-state index in [4.69, 9.17) is 11.6 Å². The monoisotopic (exact) mass is 218 g/mol. The van der Waals surface area contributed by atoms with Crippen LogP contribution in [0.4, 0.5) is 0 Å². The molecule has 14 heavy (non-hydrogen) atoms. The third-order valence-corrected chi connectivity index (χ3v) is 3.96. The second-order valence-corrected chi connectivity index (χ2v) is 5.58. The van der Waals surface area contributed by atoms with Crippen molar-refractivity contribution in [1.82, 2.24) is 0 Å². The lowest BCUT2D eigenvalue weighted by Gasteiger charge is -2.41. The molecule has 0 spiro atoms. The number of aliphatic carboxylic acids is 1. The van der Waals surface area contributed by atoms with Crippen molar-refractivity contribution in [2.45, 2.75) is 44.9 Å². The van der Waals surface area contributed by atoms with Crippen LogP contribution in [0, 0.1) is 17.8 Å². The van der Waals surface area contributed by atoms with Gasteiger partial charge in [-0.15, -0.1) is 11.6 Å². The Bertz CT molecular complexity index is 227. The molecule has 1 aliphatic rings. The van der Waals surface area contributed by atoms with E-state index in [1.165, 1.54) is 0 Å². The van der Waals surface area contributed by atoms with Gasteiger partial charge in [0.1, 0.15) is 4.87 Å². The van der Waals surface area contributed by atoms with Crippen LogP contribution in [0.2, 0.25) is 0 Å². The molecule has 1 N–H and O–H groups in total. The molecule has 0 aromatic heterocycles. The number of carboxylic acid groups (broad SMARTS) is 1. The van der Waals surface area contributed by atoms with Crippen molar-refractivity contribution < 1.29 is 9.90 Å². The molecular formula is C11H19ClO2. The molecule has 3 heteroatoms. The average Bonchev–Trinajstić information content (AvgIpc) is 2.02. The molecule has 0 amide bonds. The lowest BCUT2D eigenvalue weighted by molar-refractivity contribution is -0.144. The smallest absolute Gasteiger partial charge is 0.325 e. The van der Waals surface area contributed by atoms with Gasteiger partial charge in [-0.2, -0.15) is 0 Å². The third kappa shape index (κ3) is 2.05. The minimum absolute atomic E-state index is 0.109. The van der Waals surface area contributed by atoms with E-state index in [0.717, 1.165) is 12.8 Å². The molecule has 0 unspecified atom stereocenters. The quantitative estimate of drug-likeness (QED) is 0.723. The first kappa shape index (κ1) is 11.8. The van der Waals surface area contributed by atoms with Crippen molar-refractivity contribution in [3.8, 4) is 0 Å². The second kappa shape index (κ2) is 4.09. The van der Waals surface area contributed by atoms with Crippen molar-refractivity contribution in [2.24, 2.45) is 17.8 Å². The number of hydrogen-bond donors (Lipinski definition) is 1. The third-order valence-electron chi connectivity index (χ3n) is 3.36. The second-order valence-electron chi connectivity index (χ2n) is 4.90. The molecule has 0 radical (unpaired) electrons. The van der Waals surface area contributed by atoms with Crippen molar-refractivity contribution in [2.75, 3.05) is 0 Å². The molecule has 0 saturated heterocycles. The van der Waals surface area contributed by atoms with Gasteiger partial charge >= 0.3 is 5.97 Å². The van der Waals surface area contributed by atoms with Crippen LogP contribution in [-0.2, 0) is 4.79 Å². The van der Waals surface area contributed by atoms with Crippen LogP contribution in [0.15, 0.2) is 0 Å². The standard InChI is InChI=1S/C11H19ClO2/c1-7(2)9-5-4-8(3)6-11(9,12)10(13)14/h7-9H,4-6H2,1-3H3,(H,13,14)/t8-,9+,11-/m1/s1. The molecule has 0 aromatic rings. The Morgan fingerprint density at radius 3 is 2.50 bits per heavy atom. The first-order chi connectivity index (χ1) is 6.38.